The Morgan fingerprint density at radius 2 is 1.69 bits per heavy atom. The van der Waals surface area contributed by atoms with E-state index in [2.05, 4.69) is 0 Å². The SMILES string of the molecule is CCCOc1ccc(C2c3c(oc4ccc(C)cc4c3=O)C(=O)N2c2cccc(C)c2)cc1OCC. The monoisotopic (exact) mass is 483 g/mol. The predicted molar refractivity (Wildman–Crippen MR) is 140 cm³/mol. The van der Waals surface area contributed by atoms with Gasteiger partial charge in [0.15, 0.2) is 16.9 Å². The summed E-state index contributed by atoms with van der Waals surface area (Å²) in [5, 5.41) is 0.463. The minimum atomic E-state index is -0.671. The lowest BCUT2D eigenvalue weighted by molar-refractivity contribution is 0.0971. The van der Waals surface area contributed by atoms with Gasteiger partial charge in [-0.15, -0.1) is 0 Å². The lowest BCUT2D eigenvalue weighted by Crippen LogP contribution is -2.29. The van der Waals surface area contributed by atoms with Crippen LogP contribution in [0.1, 0.15) is 59.1 Å². The third kappa shape index (κ3) is 4.02. The Bertz CT molecular complexity index is 1520. The molecule has 0 fully saturated rings. The van der Waals surface area contributed by atoms with Crippen LogP contribution in [0.2, 0.25) is 0 Å². The topological polar surface area (TPSA) is 69.0 Å². The Morgan fingerprint density at radius 3 is 2.44 bits per heavy atom. The first-order valence-corrected chi connectivity index (χ1v) is 12.3. The number of ether oxygens (including phenoxy) is 2. The number of nitrogens with zero attached hydrogens (tertiary/aromatic N) is 1. The smallest absolute Gasteiger partial charge is 0.295 e. The van der Waals surface area contributed by atoms with Crippen LogP contribution in [0.5, 0.6) is 11.5 Å². The number of rotatable bonds is 7. The molecule has 184 valence electrons. The lowest BCUT2D eigenvalue weighted by atomic mass is 9.97. The molecule has 3 aromatic carbocycles. The molecule has 0 radical (unpaired) electrons. The fourth-order valence-electron chi connectivity index (χ4n) is 4.74. The molecule has 6 nitrogen and oxygen atoms in total. The number of hydrogen-bond acceptors (Lipinski definition) is 5. The second-order valence-electron chi connectivity index (χ2n) is 9.08. The van der Waals surface area contributed by atoms with Crippen molar-refractivity contribution in [3.8, 4) is 11.5 Å². The Morgan fingerprint density at radius 1 is 0.889 bits per heavy atom. The van der Waals surface area contributed by atoms with Gasteiger partial charge in [0.05, 0.1) is 30.2 Å². The molecule has 1 aliphatic rings. The molecule has 2 heterocycles. The molecule has 1 aliphatic heterocycles. The summed E-state index contributed by atoms with van der Waals surface area (Å²) in [4.78, 5) is 29.3. The summed E-state index contributed by atoms with van der Waals surface area (Å²) in [5.41, 5.74) is 3.93. The molecular formula is C30H29NO5. The van der Waals surface area contributed by atoms with Gasteiger partial charge in [0.1, 0.15) is 5.58 Å². The van der Waals surface area contributed by atoms with Gasteiger partial charge in [-0.3, -0.25) is 14.5 Å². The molecule has 1 amide bonds. The summed E-state index contributed by atoms with van der Waals surface area (Å²) in [6, 6.07) is 18.1. The molecule has 5 rings (SSSR count). The third-order valence-electron chi connectivity index (χ3n) is 6.35. The van der Waals surface area contributed by atoms with Crippen LogP contribution in [0.3, 0.4) is 0 Å². The molecule has 4 aromatic rings. The number of benzene rings is 3. The molecule has 0 bridgehead atoms. The Hall–Kier alpha value is -4.06. The van der Waals surface area contributed by atoms with Crippen LogP contribution in [0.4, 0.5) is 5.69 Å². The van der Waals surface area contributed by atoms with Crippen molar-refractivity contribution in [1.82, 2.24) is 0 Å². The van der Waals surface area contributed by atoms with E-state index in [1.807, 2.05) is 82.3 Å². The molecule has 1 aromatic heterocycles. The number of hydrogen-bond donors (Lipinski definition) is 0. The first kappa shape index (κ1) is 23.7. The van der Waals surface area contributed by atoms with Crippen molar-refractivity contribution < 1.29 is 18.7 Å². The molecular weight excluding hydrogens is 454 g/mol. The number of carbonyl (C=O) groups is 1. The standard InChI is InChI=1S/C30H29NO5/c1-5-14-35-24-13-11-20(17-25(24)34-6-2)27-26-28(32)22-16-19(4)10-12-23(22)36-29(26)30(33)31(27)21-9-7-8-18(3)15-21/h7-13,15-17,27H,5-6,14H2,1-4H3. The van der Waals surface area contributed by atoms with Gasteiger partial charge in [0.2, 0.25) is 5.76 Å². The van der Waals surface area contributed by atoms with Gasteiger partial charge >= 0.3 is 0 Å². The van der Waals surface area contributed by atoms with Crippen LogP contribution in [0.25, 0.3) is 11.0 Å². The zero-order valence-electron chi connectivity index (χ0n) is 21.0. The maximum atomic E-state index is 13.9. The molecule has 0 saturated heterocycles. The predicted octanol–water partition coefficient (Wildman–Crippen LogP) is 6.35. The minimum Gasteiger partial charge on any atom is -0.490 e. The van der Waals surface area contributed by atoms with E-state index in [1.54, 1.807) is 11.0 Å². The summed E-state index contributed by atoms with van der Waals surface area (Å²) >= 11 is 0. The fourth-order valence-corrected chi connectivity index (χ4v) is 4.74. The molecule has 36 heavy (non-hydrogen) atoms. The summed E-state index contributed by atoms with van der Waals surface area (Å²) in [7, 11) is 0. The second-order valence-corrected chi connectivity index (χ2v) is 9.08. The van der Waals surface area contributed by atoms with Crippen LogP contribution in [0.15, 0.2) is 69.9 Å². The lowest BCUT2D eigenvalue weighted by Gasteiger charge is -2.26. The van der Waals surface area contributed by atoms with E-state index in [9.17, 15) is 9.59 Å². The molecule has 6 heteroatoms. The first-order valence-electron chi connectivity index (χ1n) is 12.3. The van der Waals surface area contributed by atoms with E-state index in [0.29, 0.717) is 46.9 Å². The first-order chi connectivity index (χ1) is 17.4. The van der Waals surface area contributed by atoms with Gasteiger partial charge in [-0.2, -0.15) is 0 Å². The normalized spacial score (nSPS) is 14.8. The Kier molecular flexibility index (Phi) is 6.27. The highest BCUT2D eigenvalue weighted by Crippen LogP contribution is 2.43. The average Bonchev–Trinajstić information content (AvgIpc) is 3.16. The van der Waals surface area contributed by atoms with Crippen LogP contribution in [-0.4, -0.2) is 19.1 Å². The van der Waals surface area contributed by atoms with Crippen molar-refractivity contribution in [3.63, 3.8) is 0 Å². The average molecular weight is 484 g/mol. The largest absolute Gasteiger partial charge is 0.490 e. The van der Waals surface area contributed by atoms with Crippen LogP contribution in [0, 0.1) is 13.8 Å². The van der Waals surface area contributed by atoms with Crippen LogP contribution in [-0.2, 0) is 0 Å². The molecule has 0 N–H and O–H groups in total. The zero-order valence-corrected chi connectivity index (χ0v) is 21.0. The summed E-state index contributed by atoms with van der Waals surface area (Å²) in [6.07, 6.45) is 0.868. The van der Waals surface area contributed by atoms with Gasteiger partial charge in [-0.25, -0.2) is 0 Å². The van der Waals surface area contributed by atoms with Crippen molar-refractivity contribution >= 4 is 22.6 Å². The summed E-state index contributed by atoms with van der Waals surface area (Å²) < 4.78 is 17.9. The van der Waals surface area contributed by atoms with Crippen molar-refractivity contribution in [1.29, 1.82) is 0 Å². The quantitative estimate of drug-likeness (QED) is 0.306. The van der Waals surface area contributed by atoms with E-state index < -0.39 is 6.04 Å². The maximum absolute atomic E-state index is 13.9. The van der Waals surface area contributed by atoms with Crippen LogP contribution >= 0.6 is 0 Å². The highest BCUT2D eigenvalue weighted by Gasteiger charge is 2.44. The van der Waals surface area contributed by atoms with Gasteiger partial charge in [-0.05, 0) is 74.7 Å². The summed E-state index contributed by atoms with van der Waals surface area (Å²) in [6.45, 7) is 8.87. The minimum absolute atomic E-state index is 0.0760. The number of carbonyl (C=O) groups excluding carboxylic acids is 1. The Labute approximate surface area is 210 Å². The maximum Gasteiger partial charge on any atom is 0.295 e. The third-order valence-corrected chi connectivity index (χ3v) is 6.35. The van der Waals surface area contributed by atoms with Crippen molar-refractivity contribution in [2.45, 2.75) is 40.2 Å². The van der Waals surface area contributed by atoms with E-state index in [1.165, 1.54) is 0 Å². The highest BCUT2D eigenvalue weighted by molar-refractivity contribution is 6.10. The molecule has 0 spiro atoms. The molecule has 0 aliphatic carbocycles. The summed E-state index contributed by atoms with van der Waals surface area (Å²) in [5.74, 6) is 0.946. The Balaban J connectivity index is 1.76. The van der Waals surface area contributed by atoms with Gasteiger partial charge in [0, 0.05) is 5.69 Å². The van der Waals surface area contributed by atoms with Crippen molar-refractivity contribution in [2.24, 2.45) is 0 Å². The van der Waals surface area contributed by atoms with Gasteiger partial charge in [0.25, 0.3) is 5.91 Å². The van der Waals surface area contributed by atoms with E-state index in [-0.39, 0.29) is 17.1 Å². The number of amides is 1. The van der Waals surface area contributed by atoms with Crippen molar-refractivity contribution in [3.05, 3.63) is 98.9 Å². The van der Waals surface area contributed by atoms with Crippen molar-refractivity contribution in [2.75, 3.05) is 18.1 Å². The van der Waals surface area contributed by atoms with Crippen LogP contribution < -0.4 is 19.8 Å². The fraction of sp³-hybridized carbons (Fsp3) is 0.267. The van der Waals surface area contributed by atoms with E-state index in [4.69, 9.17) is 13.9 Å². The zero-order chi connectivity index (χ0) is 25.4. The number of aryl methyl sites for hydroxylation is 2. The van der Waals surface area contributed by atoms with E-state index in [0.717, 1.165) is 23.1 Å². The van der Waals surface area contributed by atoms with E-state index >= 15 is 0 Å². The second kappa shape index (κ2) is 9.53. The molecule has 1 atom stereocenters. The highest BCUT2D eigenvalue weighted by atomic mass is 16.5. The number of fused-ring (bicyclic) bond motifs is 2. The van der Waals surface area contributed by atoms with Gasteiger partial charge < -0.3 is 13.9 Å². The number of anilines is 1. The molecule has 0 saturated carbocycles. The van der Waals surface area contributed by atoms with Gasteiger partial charge in [-0.1, -0.05) is 36.8 Å². The molecule has 1 unspecified atom stereocenters.